The zero-order valence-corrected chi connectivity index (χ0v) is 10.5. The number of rotatable bonds is 2. The summed E-state index contributed by atoms with van der Waals surface area (Å²) in [5.74, 6) is 0.0678. The van der Waals surface area contributed by atoms with Crippen LogP contribution >= 0.6 is 0 Å². The van der Waals surface area contributed by atoms with Crippen molar-refractivity contribution in [2.75, 3.05) is 13.7 Å². The summed E-state index contributed by atoms with van der Waals surface area (Å²) in [6.07, 6.45) is 7.18. The second-order valence-electron chi connectivity index (χ2n) is 5.05. The highest BCUT2D eigenvalue weighted by Gasteiger charge is 2.37. The number of ether oxygens (including phenoxy) is 1. The summed E-state index contributed by atoms with van der Waals surface area (Å²) in [5.41, 5.74) is 0. The van der Waals surface area contributed by atoms with Gasteiger partial charge in [0.05, 0.1) is 7.11 Å². The van der Waals surface area contributed by atoms with Crippen molar-refractivity contribution in [3.05, 3.63) is 0 Å². The SMILES string of the molecule is COC(=O)[C@@H]1CCCN1C(=O)C1CCCCC1. The third-order valence-electron chi connectivity index (χ3n) is 3.96. The molecule has 0 unspecified atom stereocenters. The van der Waals surface area contributed by atoms with Crippen LogP contribution in [0.25, 0.3) is 0 Å². The molecular formula is C13H21NO3. The molecule has 1 saturated carbocycles. The minimum atomic E-state index is -0.325. The van der Waals surface area contributed by atoms with Gasteiger partial charge in [-0.3, -0.25) is 4.79 Å². The van der Waals surface area contributed by atoms with Gasteiger partial charge in [-0.1, -0.05) is 19.3 Å². The van der Waals surface area contributed by atoms with Crippen molar-refractivity contribution in [1.29, 1.82) is 0 Å². The number of carbonyl (C=O) groups is 2. The third kappa shape index (κ3) is 2.61. The molecule has 2 aliphatic rings. The summed E-state index contributed by atoms with van der Waals surface area (Å²) in [6.45, 7) is 0.717. The van der Waals surface area contributed by atoms with Gasteiger partial charge in [-0.05, 0) is 25.7 Å². The number of likely N-dealkylation sites (tertiary alicyclic amines) is 1. The first-order chi connectivity index (χ1) is 8.24. The van der Waals surface area contributed by atoms with E-state index in [1.807, 2.05) is 0 Å². The molecule has 1 aliphatic carbocycles. The first-order valence-corrected chi connectivity index (χ1v) is 6.62. The summed E-state index contributed by atoms with van der Waals surface area (Å²) in [7, 11) is 1.39. The second-order valence-corrected chi connectivity index (χ2v) is 5.05. The molecule has 17 heavy (non-hydrogen) atoms. The summed E-state index contributed by atoms with van der Waals surface area (Å²) in [4.78, 5) is 25.7. The van der Waals surface area contributed by atoms with Crippen LogP contribution in [0.4, 0.5) is 0 Å². The van der Waals surface area contributed by atoms with E-state index < -0.39 is 0 Å². The van der Waals surface area contributed by atoms with Gasteiger partial charge in [-0.25, -0.2) is 4.79 Å². The molecule has 0 radical (unpaired) electrons. The highest BCUT2D eigenvalue weighted by molar-refractivity contribution is 5.86. The predicted octanol–water partition coefficient (Wildman–Crippen LogP) is 1.73. The fourth-order valence-electron chi connectivity index (χ4n) is 3.00. The van der Waals surface area contributed by atoms with Crippen molar-refractivity contribution in [1.82, 2.24) is 4.90 Å². The molecule has 0 aromatic carbocycles. The minimum absolute atomic E-state index is 0.147. The van der Waals surface area contributed by atoms with E-state index in [1.54, 1.807) is 4.90 Å². The highest BCUT2D eigenvalue weighted by Crippen LogP contribution is 2.28. The Kier molecular flexibility index (Phi) is 4.02. The molecule has 4 nitrogen and oxygen atoms in total. The van der Waals surface area contributed by atoms with Crippen molar-refractivity contribution in [3.63, 3.8) is 0 Å². The second kappa shape index (κ2) is 5.52. The predicted molar refractivity (Wildman–Crippen MR) is 63.3 cm³/mol. The lowest BCUT2D eigenvalue weighted by Gasteiger charge is -2.29. The molecule has 2 fully saturated rings. The topological polar surface area (TPSA) is 46.6 Å². The number of hydrogen-bond donors (Lipinski definition) is 0. The Labute approximate surface area is 102 Å². The Morgan fingerprint density at radius 3 is 2.41 bits per heavy atom. The number of hydrogen-bond acceptors (Lipinski definition) is 3. The molecule has 1 amide bonds. The van der Waals surface area contributed by atoms with E-state index in [2.05, 4.69) is 0 Å². The maximum absolute atomic E-state index is 12.3. The Balaban J connectivity index is 1.99. The Morgan fingerprint density at radius 1 is 1.06 bits per heavy atom. The van der Waals surface area contributed by atoms with Crippen LogP contribution in [0.2, 0.25) is 0 Å². The van der Waals surface area contributed by atoms with Crippen LogP contribution in [0.3, 0.4) is 0 Å². The zero-order valence-electron chi connectivity index (χ0n) is 10.5. The molecule has 0 bridgehead atoms. The molecule has 1 atom stereocenters. The number of esters is 1. The molecule has 96 valence electrons. The van der Waals surface area contributed by atoms with E-state index >= 15 is 0 Å². The average Bonchev–Trinajstić information content (AvgIpc) is 2.87. The van der Waals surface area contributed by atoms with Gasteiger partial charge in [-0.2, -0.15) is 0 Å². The minimum Gasteiger partial charge on any atom is -0.467 e. The lowest BCUT2D eigenvalue weighted by molar-refractivity contribution is -0.152. The molecule has 1 aliphatic heterocycles. The molecule has 0 spiro atoms. The number of nitrogens with zero attached hydrogens (tertiary/aromatic N) is 1. The Bertz CT molecular complexity index is 297. The van der Waals surface area contributed by atoms with Gasteiger partial charge in [-0.15, -0.1) is 0 Å². The van der Waals surface area contributed by atoms with Crippen LogP contribution in [0.1, 0.15) is 44.9 Å². The lowest BCUT2D eigenvalue weighted by atomic mass is 9.88. The quantitative estimate of drug-likeness (QED) is 0.689. The fraction of sp³-hybridized carbons (Fsp3) is 0.846. The van der Waals surface area contributed by atoms with E-state index in [9.17, 15) is 9.59 Å². The lowest BCUT2D eigenvalue weighted by Crippen LogP contribution is -2.44. The van der Waals surface area contributed by atoms with Crippen molar-refractivity contribution < 1.29 is 14.3 Å². The first-order valence-electron chi connectivity index (χ1n) is 6.62. The molecule has 0 N–H and O–H groups in total. The van der Waals surface area contributed by atoms with Gasteiger partial charge in [0.15, 0.2) is 0 Å². The van der Waals surface area contributed by atoms with Crippen LogP contribution in [0.5, 0.6) is 0 Å². The van der Waals surface area contributed by atoms with Crippen LogP contribution in [0.15, 0.2) is 0 Å². The number of methoxy groups -OCH3 is 1. The normalized spacial score (nSPS) is 25.9. The number of amides is 1. The standard InChI is InChI=1S/C13H21NO3/c1-17-13(16)11-8-5-9-14(11)12(15)10-6-3-2-4-7-10/h10-11H,2-9H2,1H3/t11-/m0/s1. The first kappa shape index (κ1) is 12.4. The molecular weight excluding hydrogens is 218 g/mol. The highest BCUT2D eigenvalue weighted by atomic mass is 16.5. The third-order valence-corrected chi connectivity index (χ3v) is 3.96. The monoisotopic (exact) mass is 239 g/mol. The van der Waals surface area contributed by atoms with Gasteiger partial charge < -0.3 is 9.64 Å². The molecule has 0 aromatic rings. The van der Waals surface area contributed by atoms with E-state index in [-0.39, 0.29) is 23.8 Å². The van der Waals surface area contributed by atoms with Gasteiger partial charge in [0.25, 0.3) is 0 Å². The van der Waals surface area contributed by atoms with Gasteiger partial charge in [0, 0.05) is 12.5 Å². The summed E-state index contributed by atoms with van der Waals surface area (Å²) >= 11 is 0. The zero-order chi connectivity index (χ0) is 12.3. The largest absolute Gasteiger partial charge is 0.467 e. The molecule has 0 aromatic heterocycles. The van der Waals surface area contributed by atoms with Gasteiger partial charge in [0.1, 0.15) is 6.04 Å². The van der Waals surface area contributed by atoms with Crippen molar-refractivity contribution in [3.8, 4) is 0 Å². The summed E-state index contributed by atoms with van der Waals surface area (Å²) in [6, 6.07) is -0.325. The van der Waals surface area contributed by atoms with Gasteiger partial charge >= 0.3 is 5.97 Å². The molecule has 1 saturated heterocycles. The summed E-state index contributed by atoms with van der Waals surface area (Å²) < 4.78 is 4.77. The summed E-state index contributed by atoms with van der Waals surface area (Å²) in [5, 5.41) is 0. The average molecular weight is 239 g/mol. The smallest absolute Gasteiger partial charge is 0.328 e. The van der Waals surface area contributed by atoms with Gasteiger partial charge in [0.2, 0.25) is 5.91 Å². The van der Waals surface area contributed by atoms with Crippen LogP contribution < -0.4 is 0 Å². The molecule has 4 heteroatoms. The molecule has 2 rings (SSSR count). The Hall–Kier alpha value is -1.06. The van der Waals surface area contributed by atoms with E-state index in [0.717, 1.165) is 45.1 Å². The van der Waals surface area contributed by atoms with E-state index in [1.165, 1.54) is 13.5 Å². The van der Waals surface area contributed by atoms with Crippen molar-refractivity contribution in [2.24, 2.45) is 5.92 Å². The van der Waals surface area contributed by atoms with Crippen LogP contribution in [-0.2, 0) is 14.3 Å². The molecule has 1 heterocycles. The van der Waals surface area contributed by atoms with E-state index in [4.69, 9.17) is 4.74 Å². The Morgan fingerprint density at radius 2 is 1.76 bits per heavy atom. The van der Waals surface area contributed by atoms with Crippen molar-refractivity contribution >= 4 is 11.9 Å². The number of carbonyl (C=O) groups excluding carboxylic acids is 2. The van der Waals surface area contributed by atoms with Crippen LogP contribution in [-0.4, -0.2) is 36.5 Å². The maximum Gasteiger partial charge on any atom is 0.328 e. The fourth-order valence-corrected chi connectivity index (χ4v) is 3.00. The van der Waals surface area contributed by atoms with E-state index in [0.29, 0.717) is 0 Å². The van der Waals surface area contributed by atoms with Crippen molar-refractivity contribution in [2.45, 2.75) is 51.0 Å². The maximum atomic E-state index is 12.3. The van der Waals surface area contributed by atoms with Crippen LogP contribution in [0, 0.1) is 5.92 Å².